The van der Waals surface area contributed by atoms with Gasteiger partial charge in [-0.05, 0) is 29.7 Å². The number of fused-ring (bicyclic) bond motifs is 1. The first kappa shape index (κ1) is 16.1. The fourth-order valence-electron chi connectivity index (χ4n) is 3.07. The zero-order valence-electron chi connectivity index (χ0n) is 14.3. The van der Waals surface area contributed by atoms with E-state index in [-0.39, 0.29) is 22.8 Å². The van der Waals surface area contributed by atoms with E-state index in [1.807, 2.05) is 24.3 Å². The predicted octanol–water partition coefficient (Wildman–Crippen LogP) is 4.00. The smallest absolute Gasteiger partial charge is 0.205 e. The van der Waals surface area contributed by atoms with Crippen LogP contribution in [0.3, 0.4) is 0 Å². The van der Waals surface area contributed by atoms with Crippen molar-refractivity contribution >= 4 is 11.6 Å². The average molecular weight is 340 g/mol. The van der Waals surface area contributed by atoms with Crippen molar-refractivity contribution in [3.63, 3.8) is 0 Å². The van der Waals surface area contributed by atoms with E-state index in [0.717, 1.165) is 16.7 Å². The minimum absolute atomic E-state index is 0.178. The van der Waals surface area contributed by atoms with Crippen molar-refractivity contribution in [2.24, 2.45) is 0 Å². The molecular weight excluding hydrogens is 324 g/mol. The van der Waals surface area contributed by atoms with E-state index in [4.69, 9.17) is 0 Å². The number of ketones is 2. The molecule has 0 fully saturated rings. The molecule has 2 aromatic carbocycles. The maximum atomic E-state index is 12.6. The molecule has 0 spiro atoms. The van der Waals surface area contributed by atoms with Crippen LogP contribution in [0.1, 0.15) is 32.0 Å². The van der Waals surface area contributed by atoms with Gasteiger partial charge in [0.25, 0.3) is 0 Å². The van der Waals surface area contributed by atoms with Crippen LogP contribution in [0, 0.1) is 6.92 Å². The van der Waals surface area contributed by atoms with Crippen LogP contribution in [0.2, 0.25) is 0 Å². The molecular formula is C22H16N2O2. The number of carbonyl (C=O) groups is 2. The molecule has 1 aliphatic carbocycles. The molecule has 26 heavy (non-hydrogen) atoms. The summed E-state index contributed by atoms with van der Waals surface area (Å²) in [6.07, 6.45) is 4.50. The normalized spacial score (nSPS) is 13.3. The van der Waals surface area contributed by atoms with Crippen LogP contribution in [0.15, 0.2) is 72.7 Å². The molecule has 0 bridgehead atoms. The number of aryl methyl sites for hydroxylation is 1. The maximum absolute atomic E-state index is 12.6. The van der Waals surface area contributed by atoms with E-state index in [0.29, 0.717) is 12.0 Å². The van der Waals surface area contributed by atoms with E-state index in [9.17, 15) is 9.59 Å². The van der Waals surface area contributed by atoms with Gasteiger partial charge in [-0.3, -0.25) is 9.59 Å². The first-order valence-electron chi connectivity index (χ1n) is 8.37. The van der Waals surface area contributed by atoms with Gasteiger partial charge in [-0.15, -0.1) is 0 Å². The van der Waals surface area contributed by atoms with Gasteiger partial charge in [0, 0.05) is 18.2 Å². The van der Waals surface area contributed by atoms with Crippen molar-refractivity contribution in [3.8, 4) is 11.1 Å². The Bertz CT molecular complexity index is 1030. The first-order chi connectivity index (χ1) is 12.6. The van der Waals surface area contributed by atoms with E-state index in [2.05, 4.69) is 41.2 Å². The van der Waals surface area contributed by atoms with E-state index in [1.54, 1.807) is 0 Å². The van der Waals surface area contributed by atoms with Gasteiger partial charge in [0.2, 0.25) is 5.78 Å². The topological polar surface area (TPSA) is 59.9 Å². The van der Waals surface area contributed by atoms with Crippen LogP contribution in [0.4, 0.5) is 0 Å². The molecule has 3 aromatic rings. The molecule has 1 aromatic heterocycles. The molecule has 0 saturated carbocycles. The van der Waals surface area contributed by atoms with Crippen LogP contribution in [0.25, 0.3) is 11.1 Å². The molecule has 4 nitrogen and oxygen atoms in total. The zero-order chi connectivity index (χ0) is 18.1. The second-order valence-electron chi connectivity index (χ2n) is 6.39. The minimum atomic E-state index is -0.242. The quantitative estimate of drug-likeness (QED) is 0.723. The van der Waals surface area contributed by atoms with Crippen molar-refractivity contribution in [1.29, 1.82) is 0 Å². The molecule has 0 saturated heterocycles. The van der Waals surface area contributed by atoms with Crippen molar-refractivity contribution < 1.29 is 9.59 Å². The van der Waals surface area contributed by atoms with Gasteiger partial charge in [-0.1, -0.05) is 54.1 Å². The summed E-state index contributed by atoms with van der Waals surface area (Å²) in [7, 11) is 0. The molecule has 0 amide bonds. The highest BCUT2D eigenvalue weighted by Gasteiger charge is 2.26. The summed E-state index contributed by atoms with van der Waals surface area (Å²) in [6.45, 7) is 2.06. The number of carbonyl (C=O) groups excluding carboxylic acids is 2. The molecule has 0 unspecified atom stereocenters. The van der Waals surface area contributed by atoms with Gasteiger partial charge in [-0.25, -0.2) is 9.97 Å². The summed E-state index contributed by atoms with van der Waals surface area (Å²) >= 11 is 0. The van der Waals surface area contributed by atoms with Crippen molar-refractivity contribution in [2.75, 3.05) is 0 Å². The number of benzene rings is 2. The van der Waals surface area contributed by atoms with Gasteiger partial charge < -0.3 is 0 Å². The number of hydrogen-bond donors (Lipinski definition) is 0. The number of hydrogen-bond acceptors (Lipinski definition) is 4. The van der Waals surface area contributed by atoms with Crippen LogP contribution >= 0.6 is 0 Å². The fraction of sp³-hybridized carbons (Fsp3) is 0.0909. The minimum Gasteiger partial charge on any atom is -0.289 e. The third kappa shape index (κ3) is 2.97. The van der Waals surface area contributed by atoms with Crippen LogP contribution in [-0.2, 0) is 6.42 Å². The van der Waals surface area contributed by atoms with Crippen LogP contribution in [-0.4, -0.2) is 21.5 Å². The Morgan fingerprint density at radius 1 is 0.885 bits per heavy atom. The van der Waals surface area contributed by atoms with E-state index >= 15 is 0 Å². The van der Waals surface area contributed by atoms with Crippen LogP contribution < -0.4 is 0 Å². The number of Topliss-reactive ketones (excluding diaryl/α,β-unsaturated/α-hetero) is 1. The molecule has 4 heteroatoms. The molecule has 1 aliphatic rings. The number of rotatable bonds is 3. The lowest BCUT2D eigenvalue weighted by molar-refractivity contribution is 0.0978. The Morgan fingerprint density at radius 3 is 2.23 bits per heavy atom. The van der Waals surface area contributed by atoms with Crippen molar-refractivity contribution in [3.05, 3.63) is 95.1 Å². The monoisotopic (exact) mass is 340 g/mol. The second-order valence-corrected chi connectivity index (χ2v) is 6.39. The third-order valence-electron chi connectivity index (χ3n) is 4.52. The summed E-state index contributed by atoms with van der Waals surface area (Å²) in [5.41, 5.74) is 5.41. The second kappa shape index (κ2) is 6.48. The molecule has 0 N–H and O–H groups in total. The molecule has 126 valence electrons. The highest BCUT2D eigenvalue weighted by Crippen LogP contribution is 2.24. The lowest BCUT2D eigenvalue weighted by Crippen LogP contribution is -2.20. The lowest BCUT2D eigenvalue weighted by atomic mass is 9.90. The molecule has 0 aliphatic heterocycles. The van der Waals surface area contributed by atoms with Crippen molar-refractivity contribution in [2.45, 2.75) is 13.3 Å². The van der Waals surface area contributed by atoms with Gasteiger partial charge in [-0.2, -0.15) is 0 Å². The van der Waals surface area contributed by atoms with Gasteiger partial charge >= 0.3 is 0 Å². The Balaban J connectivity index is 1.57. The Labute approximate surface area is 151 Å². The SMILES string of the molecule is Cc1ccc(-c2ccc(CC3=CC(=O)c4ncncc4C3=O)cc2)cc1. The van der Waals surface area contributed by atoms with Crippen molar-refractivity contribution in [1.82, 2.24) is 9.97 Å². The largest absolute Gasteiger partial charge is 0.289 e. The third-order valence-corrected chi connectivity index (χ3v) is 4.52. The Kier molecular flexibility index (Phi) is 4.01. The summed E-state index contributed by atoms with van der Waals surface area (Å²) in [6, 6.07) is 16.4. The van der Waals surface area contributed by atoms with E-state index < -0.39 is 0 Å². The summed E-state index contributed by atoms with van der Waals surface area (Å²) in [5.74, 6) is -0.420. The average Bonchev–Trinajstić information content (AvgIpc) is 2.67. The lowest BCUT2D eigenvalue weighted by Gasteiger charge is -2.14. The summed E-state index contributed by atoms with van der Waals surface area (Å²) < 4.78 is 0. The molecule has 4 rings (SSSR count). The predicted molar refractivity (Wildman–Crippen MR) is 99.1 cm³/mol. The number of allylic oxidation sites excluding steroid dienone is 2. The number of aromatic nitrogens is 2. The number of nitrogens with zero attached hydrogens (tertiary/aromatic N) is 2. The standard InChI is InChI=1S/C22H16N2O2/c1-14-2-6-16(7-3-14)17-8-4-15(5-9-17)10-18-11-20(25)21-19(22(18)26)12-23-13-24-21/h2-9,11-13H,10H2,1H3. The fourth-order valence-corrected chi connectivity index (χ4v) is 3.07. The van der Waals surface area contributed by atoms with Gasteiger partial charge in [0.15, 0.2) is 5.78 Å². The van der Waals surface area contributed by atoms with Gasteiger partial charge in [0.1, 0.15) is 12.0 Å². The summed E-state index contributed by atoms with van der Waals surface area (Å²) in [4.78, 5) is 32.5. The Hall–Kier alpha value is -3.40. The zero-order valence-corrected chi connectivity index (χ0v) is 14.3. The van der Waals surface area contributed by atoms with Gasteiger partial charge in [0.05, 0.1) is 5.56 Å². The highest BCUT2D eigenvalue weighted by atomic mass is 16.1. The highest BCUT2D eigenvalue weighted by molar-refractivity contribution is 6.23. The molecule has 0 atom stereocenters. The summed E-state index contributed by atoms with van der Waals surface area (Å²) in [5, 5.41) is 0. The Morgan fingerprint density at radius 2 is 1.54 bits per heavy atom. The van der Waals surface area contributed by atoms with Crippen LogP contribution in [0.5, 0.6) is 0 Å². The maximum Gasteiger partial charge on any atom is 0.205 e. The first-order valence-corrected chi connectivity index (χ1v) is 8.37. The molecule has 0 radical (unpaired) electrons. The van der Waals surface area contributed by atoms with E-state index in [1.165, 1.54) is 24.2 Å². The molecule has 1 heterocycles.